The highest BCUT2D eigenvalue weighted by atomic mass is 32.2. The Morgan fingerprint density at radius 2 is 1.50 bits per heavy atom. The van der Waals surface area contributed by atoms with E-state index in [1.165, 1.54) is 6.07 Å². The Morgan fingerprint density at radius 1 is 0.848 bits per heavy atom. The van der Waals surface area contributed by atoms with Crippen molar-refractivity contribution in [2.75, 3.05) is 85.2 Å². The zero-order valence-corrected chi connectivity index (χ0v) is 42.2. The van der Waals surface area contributed by atoms with Gasteiger partial charge in [0.15, 0.2) is 12.3 Å². The van der Waals surface area contributed by atoms with E-state index in [2.05, 4.69) is 125 Å². The van der Waals surface area contributed by atoms with Gasteiger partial charge in [-0.15, -0.1) is 0 Å². The minimum absolute atomic E-state index is 0.205. The van der Waals surface area contributed by atoms with Gasteiger partial charge in [-0.25, -0.2) is 8.42 Å². The molecule has 66 heavy (non-hydrogen) atoms. The van der Waals surface area contributed by atoms with Crippen LogP contribution in [-0.4, -0.2) is 122 Å². The molecule has 0 aromatic heterocycles. The summed E-state index contributed by atoms with van der Waals surface area (Å²) in [7, 11) is 4.75. The highest BCUT2D eigenvalue weighted by molar-refractivity contribution is 7.95. The molecule has 0 fully saturated rings. The number of fused-ring (bicyclic) bond motifs is 2. The predicted molar refractivity (Wildman–Crippen MR) is 267 cm³/mol. The van der Waals surface area contributed by atoms with Gasteiger partial charge in [0, 0.05) is 75.2 Å². The number of anilines is 2. The van der Waals surface area contributed by atoms with Crippen LogP contribution in [0.5, 0.6) is 0 Å². The van der Waals surface area contributed by atoms with Crippen molar-refractivity contribution in [1.82, 2.24) is 0 Å². The summed E-state index contributed by atoms with van der Waals surface area (Å²) in [5.74, 6) is 3.45. The zero-order valence-electron chi connectivity index (χ0n) is 40.6. The monoisotopic (exact) mass is 937 g/mol. The summed E-state index contributed by atoms with van der Waals surface area (Å²) >= 11 is 0. The standard InChI is InChI=1S/C51H68N8O5S2/c1-50(2)43-35-41(65(11,60)61)23-25-45(43)56(31-13-33-58(5,6)7)47(50)27-19-38-15-12-16-39(49(38)54-40-21-17-37(18-22-40)29-30-53-55-52)20-28-48-51(3,4)44-36-42(66(62,63)64)24-26-46(44)57(48)32-14-34-59(8,9)10/h17-28,35-36H,11-16,29-34H2,1-10H3/p+1. The zero-order chi connectivity index (χ0) is 48.5. The van der Waals surface area contributed by atoms with Crippen molar-refractivity contribution in [3.8, 4) is 0 Å². The SMILES string of the molecule is C=S(=O)([O-])c1ccc2c(c1)C(C)(C)C(C=CC1=C(Nc3ccc(CCN=[N+]=[N-])cc3)C(=CC=C3N(CCC[N+](C)(C)C)c4ccc(S(=O)(=O)[O-])cc4C3(C)C)CCC1)=[N+]2CCC[N+](C)(C)C. The minimum Gasteiger partial charge on any atom is -0.774 e. The second kappa shape index (κ2) is 19.3. The van der Waals surface area contributed by atoms with Gasteiger partial charge >= 0.3 is 0 Å². The molecule has 3 aromatic carbocycles. The van der Waals surface area contributed by atoms with Crippen molar-refractivity contribution in [3.05, 3.63) is 135 Å². The Balaban J connectivity index is 1.48. The predicted octanol–water partition coefficient (Wildman–Crippen LogP) is 8.93. The van der Waals surface area contributed by atoms with Gasteiger partial charge in [-0.1, -0.05) is 58.9 Å². The van der Waals surface area contributed by atoms with Gasteiger partial charge < -0.3 is 28.3 Å². The van der Waals surface area contributed by atoms with E-state index < -0.39 is 30.8 Å². The molecule has 15 heteroatoms. The second-order valence-corrected chi connectivity index (χ2v) is 24.0. The van der Waals surface area contributed by atoms with Crippen molar-refractivity contribution >= 4 is 48.6 Å². The molecule has 2 aliphatic heterocycles. The van der Waals surface area contributed by atoms with E-state index in [0.29, 0.717) is 13.0 Å². The van der Waals surface area contributed by atoms with Gasteiger partial charge in [0.05, 0.1) is 72.1 Å². The van der Waals surface area contributed by atoms with Crippen molar-refractivity contribution < 1.29 is 35.3 Å². The van der Waals surface area contributed by atoms with Gasteiger partial charge in [0.1, 0.15) is 10.1 Å². The summed E-state index contributed by atoms with van der Waals surface area (Å²) in [6.07, 6.45) is 13.8. The van der Waals surface area contributed by atoms with Crippen molar-refractivity contribution in [1.29, 1.82) is 0 Å². The average Bonchev–Trinajstić information content (AvgIpc) is 3.56. The summed E-state index contributed by atoms with van der Waals surface area (Å²) in [5, 5.41) is 7.51. The first-order valence-corrected chi connectivity index (χ1v) is 25.8. The topological polar surface area (TPSA) is 164 Å². The molecule has 13 nitrogen and oxygen atoms in total. The third kappa shape index (κ3) is 11.7. The van der Waals surface area contributed by atoms with Crippen molar-refractivity contribution in [2.45, 2.75) is 86.8 Å². The van der Waals surface area contributed by atoms with E-state index in [1.807, 2.05) is 30.3 Å². The van der Waals surface area contributed by atoms with Crippen LogP contribution in [0.3, 0.4) is 0 Å². The molecule has 2 heterocycles. The Morgan fingerprint density at radius 3 is 2.14 bits per heavy atom. The maximum Gasteiger partial charge on any atom is 0.209 e. The van der Waals surface area contributed by atoms with Gasteiger partial charge in [-0.3, -0.25) is 4.21 Å². The Labute approximate surface area is 393 Å². The lowest BCUT2D eigenvalue weighted by molar-refractivity contribution is -0.871. The van der Waals surface area contributed by atoms with Crippen LogP contribution in [0.2, 0.25) is 0 Å². The number of nitrogens with zero attached hydrogens (tertiary/aromatic N) is 7. The normalized spacial score (nSPS) is 19.4. The number of azide groups is 1. The van der Waals surface area contributed by atoms with E-state index in [0.717, 1.165) is 129 Å². The molecule has 0 spiro atoms. The molecule has 1 unspecified atom stereocenters. The Hall–Kier alpha value is -4.99. The maximum absolute atomic E-state index is 12.7. The number of hydrogen-bond acceptors (Lipinski definition) is 8. The number of rotatable bonds is 18. The van der Waals surface area contributed by atoms with Gasteiger partial charge in [0.2, 0.25) is 5.69 Å². The Kier molecular flexibility index (Phi) is 14.8. The van der Waals surface area contributed by atoms with Gasteiger partial charge in [0.25, 0.3) is 0 Å². The first kappa shape index (κ1) is 50.4. The lowest BCUT2D eigenvalue weighted by atomic mass is 9.81. The van der Waals surface area contributed by atoms with Gasteiger partial charge in [-0.2, -0.15) is 4.58 Å². The first-order chi connectivity index (χ1) is 30.7. The molecule has 1 atom stereocenters. The number of nitrogens with one attached hydrogen (secondary N) is 1. The number of quaternary nitrogens is 2. The molecule has 354 valence electrons. The summed E-state index contributed by atoms with van der Waals surface area (Å²) in [5.41, 5.74) is 18.7. The van der Waals surface area contributed by atoms with E-state index >= 15 is 0 Å². The molecule has 1 N–H and O–H groups in total. The van der Waals surface area contributed by atoms with E-state index in [1.54, 1.807) is 24.3 Å². The molecule has 0 saturated carbocycles. The molecule has 0 amide bonds. The molecule has 6 rings (SSSR count). The van der Waals surface area contributed by atoms with Crippen LogP contribution in [0, 0.1) is 0 Å². The molecule has 1 aliphatic carbocycles. The molecule has 0 radical (unpaired) electrons. The highest BCUT2D eigenvalue weighted by Crippen LogP contribution is 2.49. The number of hydrogen-bond donors (Lipinski definition) is 1. The van der Waals surface area contributed by atoms with Gasteiger partial charge in [-0.05, 0) is 116 Å². The molecule has 0 saturated heterocycles. The van der Waals surface area contributed by atoms with Crippen LogP contribution in [0.25, 0.3) is 10.4 Å². The van der Waals surface area contributed by atoms with E-state index in [9.17, 15) is 21.7 Å². The fraction of sp³-hybridized carbons (Fsp3) is 0.451. The quantitative estimate of drug-likeness (QED) is 0.0253. The second-order valence-electron chi connectivity index (χ2n) is 21.0. The largest absolute Gasteiger partial charge is 0.774 e. The number of benzene rings is 3. The van der Waals surface area contributed by atoms with Crippen molar-refractivity contribution in [2.24, 2.45) is 5.11 Å². The Bertz CT molecular complexity index is 2780. The van der Waals surface area contributed by atoms with Crippen LogP contribution in [0.1, 0.15) is 76.5 Å². The minimum atomic E-state index is -4.66. The average molecular weight is 938 g/mol. The maximum atomic E-state index is 12.7. The van der Waals surface area contributed by atoms with Crippen LogP contribution >= 0.6 is 0 Å². The van der Waals surface area contributed by atoms with E-state index in [4.69, 9.17) is 5.53 Å². The smallest absolute Gasteiger partial charge is 0.209 e. The molecular weight excluding hydrogens is 869 g/mol. The summed E-state index contributed by atoms with van der Waals surface area (Å²) < 4.78 is 66.0. The van der Waals surface area contributed by atoms with Crippen molar-refractivity contribution in [3.63, 3.8) is 0 Å². The summed E-state index contributed by atoms with van der Waals surface area (Å²) in [6.45, 7) is 12.3. The van der Waals surface area contributed by atoms with Crippen LogP contribution < -0.4 is 10.2 Å². The van der Waals surface area contributed by atoms with E-state index in [-0.39, 0.29) is 9.79 Å². The third-order valence-electron chi connectivity index (χ3n) is 13.0. The fourth-order valence-corrected chi connectivity index (χ4v) is 10.5. The first-order valence-electron chi connectivity index (χ1n) is 22.8. The lowest BCUT2D eigenvalue weighted by Crippen LogP contribution is -2.37. The highest BCUT2D eigenvalue weighted by Gasteiger charge is 2.45. The molecule has 3 aromatic rings. The number of allylic oxidation sites excluding steroid dienone is 7. The fourth-order valence-electron chi connectivity index (χ4n) is 9.45. The molecule has 0 bridgehead atoms. The molecule has 3 aliphatic rings. The lowest BCUT2D eigenvalue weighted by Gasteiger charge is -2.29. The van der Waals surface area contributed by atoms with Crippen LogP contribution in [0.4, 0.5) is 17.1 Å². The molecular formula is C51H69N8O5S2+. The van der Waals surface area contributed by atoms with Crippen LogP contribution in [-0.2, 0) is 37.2 Å². The summed E-state index contributed by atoms with van der Waals surface area (Å²) in [4.78, 5) is 5.16. The summed E-state index contributed by atoms with van der Waals surface area (Å²) in [6, 6.07) is 18.3. The van der Waals surface area contributed by atoms with Crippen LogP contribution in [0.15, 0.2) is 122 Å². The third-order valence-corrected chi connectivity index (χ3v) is 14.8.